The van der Waals surface area contributed by atoms with Crippen LogP contribution in [0.1, 0.15) is 33.6 Å². The Kier molecular flexibility index (Phi) is 14.0. The van der Waals surface area contributed by atoms with Gasteiger partial charge >= 0.3 is 0 Å². The number of para-hydroxylation sites is 1. The fraction of sp³-hybridized carbons (Fsp3) is 0.579. The molecule has 0 aliphatic rings. The van der Waals surface area contributed by atoms with Crippen LogP contribution in [0.5, 0.6) is 0 Å². The number of guanidine groups is 1. The predicted molar refractivity (Wildman–Crippen MR) is 119 cm³/mol. The Hall–Kier alpha value is -1.35. The summed E-state index contributed by atoms with van der Waals surface area (Å²) in [5.74, 6) is 1.43. The fourth-order valence-electron chi connectivity index (χ4n) is 2.61. The van der Waals surface area contributed by atoms with Crippen molar-refractivity contribution in [1.29, 1.82) is 0 Å². The van der Waals surface area contributed by atoms with Crippen LogP contribution in [0.25, 0.3) is 0 Å². The maximum atomic E-state index is 12.0. The molecular weight excluding hydrogens is 443 g/mol. The summed E-state index contributed by atoms with van der Waals surface area (Å²) in [4.78, 5) is 16.3. The number of aliphatic imine (C=N–C) groups is 1. The van der Waals surface area contributed by atoms with Crippen LogP contribution in [0.15, 0.2) is 35.3 Å². The summed E-state index contributed by atoms with van der Waals surface area (Å²) in [6.07, 6.45) is 1.81. The van der Waals surface area contributed by atoms with Crippen molar-refractivity contribution >= 4 is 41.5 Å². The summed E-state index contributed by atoms with van der Waals surface area (Å²) < 4.78 is 0. The van der Waals surface area contributed by atoms with Gasteiger partial charge in [-0.3, -0.25) is 4.79 Å². The van der Waals surface area contributed by atoms with Crippen LogP contribution in [-0.4, -0.2) is 43.2 Å². The topological polar surface area (TPSA) is 85.8 Å². The molecule has 1 atom stereocenters. The van der Waals surface area contributed by atoms with E-state index in [0.717, 1.165) is 31.6 Å². The lowest BCUT2D eigenvalue weighted by Gasteiger charge is -2.20. The van der Waals surface area contributed by atoms with E-state index in [-0.39, 0.29) is 43.0 Å². The Bertz CT molecular complexity index is 524. The number of nitrogens with zero attached hydrogens (tertiary/aromatic N) is 1. The molecule has 1 amide bonds. The molecule has 1 unspecified atom stereocenters. The Morgan fingerprint density at radius 2 is 1.88 bits per heavy atom. The van der Waals surface area contributed by atoms with Crippen molar-refractivity contribution in [3.63, 3.8) is 0 Å². The average molecular weight is 476 g/mol. The maximum Gasteiger partial charge on any atom is 0.246 e. The van der Waals surface area contributed by atoms with Crippen molar-refractivity contribution in [2.45, 2.75) is 33.6 Å². The number of anilines is 1. The Morgan fingerprint density at radius 1 is 1.19 bits per heavy atom. The lowest BCUT2D eigenvalue weighted by molar-refractivity contribution is -0.114. The minimum Gasteiger partial charge on any atom is -0.396 e. The van der Waals surface area contributed by atoms with Crippen molar-refractivity contribution in [1.82, 2.24) is 10.6 Å². The van der Waals surface area contributed by atoms with Crippen LogP contribution < -0.4 is 16.0 Å². The molecule has 0 radical (unpaired) electrons. The van der Waals surface area contributed by atoms with Crippen molar-refractivity contribution in [2.24, 2.45) is 16.8 Å². The first-order valence-corrected chi connectivity index (χ1v) is 9.03. The van der Waals surface area contributed by atoms with Gasteiger partial charge in [-0.05, 0) is 43.7 Å². The molecule has 1 aromatic rings. The lowest BCUT2D eigenvalue weighted by Crippen LogP contribution is -2.40. The molecule has 7 heteroatoms. The molecule has 26 heavy (non-hydrogen) atoms. The molecule has 4 N–H and O–H groups in total. The van der Waals surface area contributed by atoms with E-state index >= 15 is 0 Å². The van der Waals surface area contributed by atoms with E-state index in [0.29, 0.717) is 17.8 Å². The third-order valence-electron chi connectivity index (χ3n) is 3.68. The normalized spacial score (nSPS) is 12.3. The van der Waals surface area contributed by atoms with E-state index in [1.807, 2.05) is 37.3 Å². The summed E-state index contributed by atoms with van der Waals surface area (Å²) >= 11 is 0. The second-order valence-electron chi connectivity index (χ2n) is 6.50. The third kappa shape index (κ3) is 11.3. The standard InChI is InChI=1S/C19H32N4O2.HI/c1-4-20-19(21-13-16(10-11-24)12-15(2)3)22-14-18(25)23-17-8-6-5-7-9-17;/h5-9,15-16,24H,4,10-14H2,1-3H3,(H,23,25)(H2,20,21,22);1H. The number of aliphatic hydroxyl groups is 1. The quantitative estimate of drug-likeness (QED) is 0.238. The van der Waals surface area contributed by atoms with Gasteiger partial charge in [0.05, 0.1) is 0 Å². The highest BCUT2D eigenvalue weighted by molar-refractivity contribution is 14.0. The van der Waals surface area contributed by atoms with E-state index in [2.05, 4.69) is 34.8 Å². The van der Waals surface area contributed by atoms with Gasteiger partial charge in [0.25, 0.3) is 0 Å². The molecule has 0 aromatic heterocycles. The van der Waals surface area contributed by atoms with Crippen molar-refractivity contribution < 1.29 is 9.90 Å². The minimum absolute atomic E-state index is 0. The number of hydrogen-bond acceptors (Lipinski definition) is 3. The number of rotatable bonds is 10. The molecule has 0 heterocycles. The Balaban J connectivity index is 0.00000625. The van der Waals surface area contributed by atoms with E-state index in [1.54, 1.807) is 0 Å². The van der Waals surface area contributed by atoms with E-state index < -0.39 is 0 Å². The molecule has 1 rings (SSSR count). The molecule has 0 bridgehead atoms. The number of carbonyl (C=O) groups is 1. The number of benzene rings is 1. The molecule has 0 fully saturated rings. The third-order valence-corrected chi connectivity index (χ3v) is 3.68. The highest BCUT2D eigenvalue weighted by Crippen LogP contribution is 2.14. The lowest BCUT2D eigenvalue weighted by atomic mass is 9.94. The van der Waals surface area contributed by atoms with Gasteiger partial charge < -0.3 is 21.1 Å². The molecule has 6 nitrogen and oxygen atoms in total. The number of amides is 1. The largest absolute Gasteiger partial charge is 0.396 e. The number of hydrogen-bond donors (Lipinski definition) is 4. The molecule has 1 aromatic carbocycles. The summed E-state index contributed by atoms with van der Waals surface area (Å²) in [5.41, 5.74) is 0.764. The zero-order valence-electron chi connectivity index (χ0n) is 16.0. The van der Waals surface area contributed by atoms with Gasteiger partial charge in [0.2, 0.25) is 5.91 Å². The highest BCUT2D eigenvalue weighted by Gasteiger charge is 2.11. The molecule has 0 aliphatic carbocycles. The van der Waals surface area contributed by atoms with Crippen LogP contribution in [-0.2, 0) is 4.79 Å². The minimum atomic E-state index is -0.155. The summed E-state index contributed by atoms with van der Waals surface area (Å²) in [7, 11) is 0. The van der Waals surface area contributed by atoms with E-state index in [9.17, 15) is 9.90 Å². The summed E-state index contributed by atoms with van der Waals surface area (Å²) in [6, 6.07) is 9.34. The van der Waals surface area contributed by atoms with Gasteiger partial charge in [0.1, 0.15) is 6.54 Å². The average Bonchev–Trinajstić information content (AvgIpc) is 2.58. The summed E-state index contributed by atoms with van der Waals surface area (Å²) in [5, 5.41) is 18.5. The highest BCUT2D eigenvalue weighted by atomic mass is 127. The number of halogens is 1. The fourth-order valence-corrected chi connectivity index (χ4v) is 2.61. The smallest absolute Gasteiger partial charge is 0.246 e. The summed E-state index contributed by atoms with van der Waals surface area (Å²) in [6.45, 7) is 8.03. The van der Waals surface area contributed by atoms with Gasteiger partial charge in [-0.1, -0.05) is 32.0 Å². The van der Waals surface area contributed by atoms with Crippen molar-refractivity contribution in [3.8, 4) is 0 Å². The van der Waals surface area contributed by atoms with Crippen LogP contribution in [0.4, 0.5) is 5.69 Å². The zero-order valence-corrected chi connectivity index (χ0v) is 18.3. The molecular formula is C19H33IN4O2. The van der Waals surface area contributed by atoms with Gasteiger partial charge in [-0.25, -0.2) is 4.99 Å². The number of carbonyl (C=O) groups excluding carboxylic acids is 1. The van der Waals surface area contributed by atoms with Crippen molar-refractivity contribution in [3.05, 3.63) is 30.3 Å². The van der Waals surface area contributed by atoms with Crippen LogP contribution in [0.2, 0.25) is 0 Å². The van der Waals surface area contributed by atoms with Gasteiger partial charge in [-0.2, -0.15) is 0 Å². The Morgan fingerprint density at radius 3 is 2.46 bits per heavy atom. The van der Waals surface area contributed by atoms with Crippen LogP contribution >= 0.6 is 24.0 Å². The van der Waals surface area contributed by atoms with Crippen LogP contribution in [0.3, 0.4) is 0 Å². The Labute approximate surface area is 174 Å². The second-order valence-corrected chi connectivity index (χ2v) is 6.50. The van der Waals surface area contributed by atoms with Crippen molar-refractivity contribution in [2.75, 3.05) is 31.6 Å². The maximum absolute atomic E-state index is 12.0. The van der Waals surface area contributed by atoms with Gasteiger partial charge in [0.15, 0.2) is 5.96 Å². The predicted octanol–water partition coefficient (Wildman–Crippen LogP) is 2.84. The zero-order chi connectivity index (χ0) is 18.5. The monoisotopic (exact) mass is 476 g/mol. The molecule has 0 spiro atoms. The number of aliphatic hydroxyl groups excluding tert-OH is 1. The first-order chi connectivity index (χ1) is 12.0. The second kappa shape index (κ2) is 14.8. The molecule has 0 aliphatic heterocycles. The van der Waals surface area contributed by atoms with E-state index in [4.69, 9.17) is 0 Å². The SMILES string of the molecule is CCNC(=NCC(=O)Nc1ccccc1)NCC(CCO)CC(C)C.I. The molecule has 148 valence electrons. The van der Waals surface area contributed by atoms with E-state index in [1.165, 1.54) is 0 Å². The first kappa shape index (κ1) is 24.7. The number of nitrogens with one attached hydrogen (secondary N) is 3. The first-order valence-electron chi connectivity index (χ1n) is 9.03. The molecule has 0 saturated heterocycles. The van der Waals surface area contributed by atoms with Crippen LogP contribution in [0, 0.1) is 11.8 Å². The molecule has 0 saturated carbocycles. The van der Waals surface area contributed by atoms with Gasteiger partial charge in [0, 0.05) is 25.4 Å². The van der Waals surface area contributed by atoms with Gasteiger partial charge in [-0.15, -0.1) is 24.0 Å².